The van der Waals surface area contributed by atoms with Crippen molar-refractivity contribution in [1.82, 2.24) is 9.62 Å². The first-order chi connectivity index (χ1) is 11.2. The topological polar surface area (TPSA) is 104 Å². The molecule has 1 aromatic carbocycles. The first kappa shape index (κ1) is 20.1. The highest BCUT2D eigenvalue weighted by molar-refractivity contribution is 7.89. The highest BCUT2D eigenvalue weighted by atomic mass is 32.2. The van der Waals surface area contributed by atoms with E-state index in [1.165, 1.54) is 29.2 Å². The van der Waals surface area contributed by atoms with Crippen molar-refractivity contribution in [3.63, 3.8) is 0 Å². The number of hydrogen-bond acceptors (Lipinski definition) is 4. The molecule has 134 valence electrons. The maximum atomic E-state index is 12.3. The Balaban J connectivity index is 2.92. The smallest absolute Gasteiger partial charge is 0.323 e. The first-order valence-corrected chi connectivity index (χ1v) is 9.26. The average Bonchev–Trinajstić information content (AvgIpc) is 2.52. The molecule has 8 heteroatoms. The molecule has 0 atom stereocenters. The minimum Gasteiger partial charge on any atom is -0.480 e. The number of rotatable bonds is 9. The molecule has 0 bridgehead atoms. The number of carbonyl (C=O) groups is 2. The van der Waals surface area contributed by atoms with Gasteiger partial charge in [0, 0.05) is 18.7 Å². The molecule has 0 aliphatic carbocycles. The highest BCUT2D eigenvalue weighted by Gasteiger charge is 2.19. The highest BCUT2D eigenvalue weighted by Crippen LogP contribution is 2.13. The Bertz CT molecular complexity index is 668. The summed E-state index contributed by atoms with van der Waals surface area (Å²) in [7, 11) is -3.62. The van der Waals surface area contributed by atoms with Gasteiger partial charge in [0.05, 0.1) is 4.90 Å². The van der Waals surface area contributed by atoms with Crippen LogP contribution in [0.15, 0.2) is 29.2 Å². The number of carbonyl (C=O) groups excluding carboxylic acids is 1. The zero-order valence-corrected chi connectivity index (χ0v) is 15.0. The number of nitrogens with one attached hydrogen (secondary N) is 1. The van der Waals surface area contributed by atoms with E-state index >= 15 is 0 Å². The van der Waals surface area contributed by atoms with Crippen LogP contribution in [0.4, 0.5) is 0 Å². The van der Waals surface area contributed by atoms with Crippen LogP contribution in [0.3, 0.4) is 0 Å². The van der Waals surface area contributed by atoms with E-state index < -0.39 is 21.9 Å². The van der Waals surface area contributed by atoms with Crippen molar-refractivity contribution in [3.05, 3.63) is 29.8 Å². The van der Waals surface area contributed by atoms with Gasteiger partial charge in [0.25, 0.3) is 5.91 Å². The Morgan fingerprint density at radius 2 is 1.79 bits per heavy atom. The third-order valence-corrected chi connectivity index (χ3v) is 4.64. The van der Waals surface area contributed by atoms with Crippen LogP contribution in [0.1, 0.15) is 37.6 Å². The molecule has 0 saturated heterocycles. The Morgan fingerprint density at radius 3 is 2.25 bits per heavy atom. The van der Waals surface area contributed by atoms with Crippen molar-refractivity contribution < 1.29 is 23.1 Å². The van der Waals surface area contributed by atoms with Crippen molar-refractivity contribution in [2.75, 3.05) is 19.6 Å². The number of aliphatic carboxylic acids is 1. The summed E-state index contributed by atoms with van der Waals surface area (Å²) in [5, 5.41) is 8.88. The number of nitrogens with zero attached hydrogens (tertiary/aromatic N) is 1. The average molecular weight is 356 g/mol. The summed E-state index contributed by atoms with van der Waals surface area (Å²) in [6.45, 7) is 5.90. The molecule has 1 amide bonds. The standard InChI is InChI=1S/C16H24N2O5S/c1-4-9-18(11-15(19)20)16(21)13-5-7-14(8-6-13)24(22,23)17-10-12(2)3/h5-8,12,17H,4,9-11H2,1-3H3,(H,19,20). The van der Waals surface area contributed by atoms with Gasteiger partial charge < -0.3 is 10.0 Å². The lowest BCUT2D eigenvalue weighted by molar-refractivity contribution is -0.137. The molecule has 1 aromatic rings. The van der Waals surface area contributed by atoms with Crippen LogP contribution >= 0.6 is 0 Å². The summed E-state index contributed by atoms with van der Waals surface area (Å²) in [4.78, 5) is 24.5. The number of carboxylic acid groups (broad SMARTS) is 1. The van der Waals surface area contributed by atoms with E-state index in [1.807, 2.05) is 20.8 Å². The number of carboxylic acids is 1. The van der Waals surface area contributed by atoms with E-state index in [0.29, 0.717) is 19.5 Å². The fourth-order valence-electron chi connectivity index (χ4n) is 2.00. The van der Waals surface area contributed by atoms with Crippen molar-refractivity contribution in [2.45, 2.75) is 32.1 Å². The van der Waals surface area contributed by atoms with Crippen LogP contribution in [-0.2, 0) is 14.8 Å². The molecular weight excluding hydrogens is 332 g/mol. The van der Waals surface area contributed by atoms with Gasteiger partial charge in [0.1, 0.15) is 6.54 Å². The van der Waals surface area contributed by atoms with Crippen molar-refractivity contribution >= 4 is 21.9 Å². The molecular formula is C16H24N2O5S. The fraction of sp³-hybridized carbons (Fsp3) is 0.500. The molecule has 0 saturated carbocycles. The Morgan fingerprint density at radius 1 is 1.21 bits per heavy atom. The predicted molar refractivity (Wildman–Crippen MR) is 90.3 cm³/mol. The van der Waals surface area contributed by atoms with E-state index in [2.05, 4.69) is 4.72 Å². The van der Waals surface area contributed by atoms with Crippen LogP contribution in [0.2, 0.25) is 0 Å². The number of sulfonamides is 1. The molecule has 0 aromatic heterocycles. The molecule has 1 rings (SSSR count). The van der Waals surface area contributed by atoms with Gasteiger partial charge in [-0.05, 0) is 36.6 Å². The fourth-order valence-corrected chi connectivity index (χ4v) is 3.22. The van der Waals surface area contributed by atoms with Crippen LogP contribution in [0.25, 0.3) is 0 Å². The summed E-state index contributed by atoms with van der Waals surface area (Å²) in [5.41, 5.74) is 0.257. The quantitative estimate of drug-likeness (QED) is 0.699. The second kappa shape index (κ2) is 8.79. The van der Waals surface area contributed by atoms with E-state index in [4.69, 9.17) is 5.11 Å². The number of benzene rings is 1. The summed E-state index contributed by atoms with van der Waals surface area (Å²) in [6, 6.07) is 5.50. The van der Waals surface area contributed by atoms with E-state index in [-0.39, 0.29) is 22.9 Å². The van der Waals surface area contributed by atoms with Crippen molar-refractivity contribution in [1.29, 1.82) is 0 Å². The summed E-state index contributed by atoms with van der Waals surface area (Å²) in [6.07, 6.45) is 0.630. The Labute approximate surface area is 142 Å². The summed E-state index contributed by atoms with van der Waals surface area (Å²) >= 11 is 0. The van der Waals surface area contributed by atoms with Crippen LogP contribution in [0, 0.1) is 5.92 Å². The lowest BCUT2D eigenvalue weighted by Crippen LogP contribution is -2.36. The first-order valence-electron chi connectivity index (χ1n) is 7.78. The molecule has 0 unspecified atom stereocenters. The molecule has 0 aliphatic heterocycles. The predicted octanol–water partition coefficient (Wildman–Crippen LogP) is 1.56. The molecule has 0 radical (unpaired) electrons. The SMILES string of the molecule is CCCN(CC(=O)O)C(=O)c1ccc(S(=O)(=O)NCC(C)C)cc1. The third kappa shape index (κ3) is 5.93. The van der Waals surface area contributed by atoms with Crippen molar-refractivity contribution in [3.8, 4) is 0 Å². The molecule has 7 nitrogen and oxygen atoms in total. The molecule has 0 heterocycles. The zero-order valence-electron chi connectivity index (χ0n) is 14.2. The van der Waals surface area contributed by atoms with Crippen LogP contribution < -0.4 is 4.72 Å². The molecule has 2 N–H and O–H groups in total. The monoisotopic (exact) mass is 356 g/mol. The van der Waals surface area contributed by atoms with E-state index in [9.17, 15) is 18.0 Å². The minimum absolute atomic E-state index is 0.0694. The van der Waals surface area contributed by atoms with Gasteiger partial charge in [-0.3, -0.25) is 9.59 Å². The molecule has 0 spiro atoms. The van der Waals surface area contributed by atoms with E-state index in [0.717, 1.165) is 0 Å². The summed E-state index contributed by atoms with van der Waals surface area (Å²) < 4.78 is 26.7. The molecule has 0 aliphatic rings. The summed E-state index contributed by atoms with van der Waals surface area (Å²) in [5.74, 6) is -1.34. The second-order valence-electron chi connectivity index (χ2n) is 5.89. The lowest BCUT2D eigenvalue weighted by Gasteiger charge is -2.20. The number of amides is 1. The second-order valence-corrected chi connectivity index (χ2v) is 7.66. The van der Waals surface area contributed by atoms with Gasteiger partial charge in [-0.2, -0.15) is 0 Å². The molecule has 0 fully saturated rings. The molecule has 24 heavy (non-hydrogen) atoms. The van der Waals surface area contributed by atoms with Gasteiger partial charge in [-0.25, -0.2) is 13.1 Å². The van der Waals surface area contributed by atoms with Crippen LogP contribution in [-0.4, -0.2) is 49.9 Å². The van der Waals surface area contributed by atoms with Gasteiger partial charge in [0.2, 0.25) is 10.0 Å². The van der Waals surface area contributed by atoms with E-state index in [1.54, 1.807) is 0 Å². The Hall–Kier alpha value is -1.93. The normalized spacial score (nSPS) is 11.5. The number of hydrogen-bond donors (Lipinski definition) is 2. The minimum atomic E-state index is -3.62. The Kier molecular flexibility index (Phi) is 7.37. The van der Waals surface area contributed by atoms with Gasteiger partial charge in [0.15, 0.2) is 0 Å². The van der Waals surface area contributed by atoms with Gasteiger partial charge >= 0.3 is 5.97 Å². The lowest BCUT2D eigenvalue weighted by atomic mass is 10.2. The largest absolute Gasteiger partial charge is 0.480 e. The zero-order chi connectivity index (χ0) is 18.3. The maximum absolute atomic E-state index is 12.3. The maximum Gasteiger partial charge on any atom is 0.323 e. The van der Waals surface area contributed by atoms with Gasteiger partial charge in [-0.15, -0.1) is 0 Å². The van der Waals surface area contributed by atoms with Crippen molar-refractivity contribution in [2.24, 2.45) is 5.92 Å². The third-order valence-electron chi connectivity index (χ3n) is 3.20. The van der Waals surface area contributed by atoms with Gasteiger partial charge in [-0.1, -0.05) is 20.8 Å². The van der Waals surface area contributed by atoms with Crippen LogP contribution in [0.5, 0.6) is 0 Å².